The number of anilines is 1. The van der Waals surface area contributed by atoms with Gasteiger partial charge in [0.2, 0.25) is 5.91 Å². The van der Waals surface area contributed by atoms with Crippen LogP contribution >= 0.6 is 0 Å². The van der Waals surface area contributed by atoms with Gasteiger partial charge in [-0.25, -0.2) is 4.79 Å². The van der Waals surface area contributed by atoms with Crippen LogP contribution in [-0.2, 0) is 22.5 Å². The molecule has 1 aliphatic rings. The molecule has 5 nitrogen and oxygen atoms in total. The van der Waals surface area contributed by atoms with E-state index in [1.807, 2.05) is 18.2 Å². The topological polar surface area (TPSA) is 58.6 Å². The van der Waals surface area contributed by atoms with Crippen LogP contribution in [0.1, 0.15) is 24.0 Å². The van der Waals surface area contributed by atoms with Crippen molar-refractivity contribution in [1.82, 2.24) is 4.90 Å². The number of carbonyl (C=O) groups excluding carboxylic acids is 2. The van der Waals surface area contributed by atoms with Crippen molar-refractivity contribution in [3.63, 3.8) is 0 Å². The van der Waals surface area contributed by atoms with Crippen molar-refractivity contribution in [2.75, 3.05) is 19.0 Å². The van der Waals surface area contributed by atoms with E-state index in [4.69, 9.17) is 4.74 Å². The molecule has 1 heterocycles. The molecule has 112 valence electrons. The van der Waals surface area contributed by atoms with Crippen molar-refractivity contribution in [2.45, 2.75) is 25.8 Å². The number of nitrogens with one attached hydrogen (secondary N) is 1. The Hall–Kier alpha value is -2.30. The first-order valence-electron chi connectivity index (χ1n) is 6.99. The van der Waals surface area contributed by atoms with Crippen molar-refractivity contribution in [3.8, 4) is 0 Å². The zero-order chi connectivity index (χ0) is 15.2. The van der Waals surface area contributed by atoms with Gasteiger partial charge in [0.1, 0.15) is 0 Å². The first-order chi connectivity index (χ1) is 10.1. The molecule has 2 amide bonds. The van der Waals surface area contributed by atoms with Crippen LogP contribution in [0.4, 0.5) is 10.5 Å². The van der Waals surface area contributed by atoms with Gasteiger partial charge in [0.15, 0.2) is 0 Å². The molecule has 0 saturated heterocycles. The largest absolute Gasteiger partial charge is 0.453 e. The Morgan fingerprint density at radius 2 is 2.24 bits per heavy atom. The minimum atomic E-state index is -0.318. The quantitative estimate of drug-likeness (QED) is 0.867. The number of allylic oxidation sites excluding steroid dienone is 1. The Morgan fingerprint density at radius 1 is 1.43 bits per heavy atom. The second-order valence-electron chi connectivity index (χ2n) is 5.00. The van der Waals surface area contributed by atoms with Crippen LogP contribution in [-0.4, -0.2) is 30.6 Å². The Kier molecular flexibility index (Phi) is 4.98. The predicted molar refractivity (Wildman–Crippen MR) is 81.0 cm³/mol. The van der Waals surface area contributed by atoms with Crippen LogP contribution in [0.5, 0.6) is 0 Å². The minimum absolute atomic E-state index is 0.0320. The third-order valence-corrected chi connectivity index (χ3v) is 3.51. The van der Waals surface area contributed by atoms with Gasteiger partial charge in [0, 0.05) is 25.2 Å². The maximum atomic E-state index is 11.7. The zero-order valence-electron chi connectivity index (χ0n) is 12.2. The third kappa shape index (κ3) is 3.84. The number of benzene rings is 1. The smallest absolute Gasteiger partial charge is 0.409 e. The third-order valence-electron chi connectivity index (χ3n) is 3.51. The molecular formula is C16H20N2O3. The van der Waals surface area contributed by atoms with E-state index >= 15 is 0 Å². The molecule has 0 saturated carbocycles. The number of fused-ring (bicyclic) bond motifs is 1. The average Bonchev–Trinajstić information content (AvgIpc) is 2.51. The van der Waals surface area contributed by atoms with Gasteiger partial charge < -0.3 is 15.0 Å². The number of nitrogens with zero attached hydrogens (tertiary/aromatic N) is 1. The summed E-state index contributed by atoms with van der Waals surface area (Å²) in [4.78, 5) is 25.0. The van der Waals surface area contributed by atoms with Crippen LogP contribution < -0.4 is 5.32 Å². The lowest BCUT2D eigenvalue weighted by Crippen LogP contribution is -2.35. The summed E-state index contributed by atoms with van der Waals surface area (Å²) in [6.07, 6.45) is 3.29. The highest BCUT2D eigenvalue weighted by Crippen LogP contribution is 2.23. The number of methoxy groups -OCH3 is 1. The van der Waals surface area contributed by atoms with Crippen LogP contribution in [0, 0.1) is 0 Å². The van der Waals surface area contributed by atoms with Crippen LogP contribution in [0.15, 0.2) is 30.9 Å². The van der Waals surface area contributed by atoms with Crippen molar-refractivity contribution in [1.29, 1.82) is 0 Å². The second kappa shape index (κ2) is 6.92. The number of ether oxygens (including phenoxy) is 1. The Labute approximate surface area is 124 Å². The van der Waals surface area contributed by atoms with E-state index in [0.29, 0.717) is 25.9 Å². The highest BCUT2D eigenvalue weighted by molar-refractivity contribution is 5.90. The number of hydrogen-bond donors (Lipinski definition) is 1. The normalized spacial score (nSPS) is 13.3. The molecule has 0 atom stereocenters. The van der Waals surface area contributed by atoms with Gasteiger partial charge in [0.25, 0.3) is 0 Å². The number of carbonyl (C=O) groups is 2. The number of rotatable bonds is 4. The van der Waals surface area contributed by atoms with Gasteiger partial charge in [-0.05, 0) is 36.1 Å². The van der Waals surface area contributed by atoms with Crippen molar-refractivity contribution in [2.24, 2.45) is 0 Å². The van der Waals surface area contributed by atoms with Crippen molar-refractivity contribution >= 4 is 17.7 Å². The van der Waals surface area contributed by atoms with E-state index < -0.39 is 0 Å². The molecular weight excluding hydrogens is 268 g/mol. The summed E-state index contributed by atoms with van der Waals surface area (Å²) < 4.78 is 4.75. The highest BCUT2D eigenvalue weighted by atomic mass is 16.5. The summed E-state index contributed by atoms with van der Waals surface area (Å²) >= 11 is 0. The van der Waals surface area contributed by atoms with E-state index in [1.54, 1.807) is 11.0 Å². The molecule has 0 spiro atoms. The standard InChI is InChI=1S/C16H20N2O3/c1-3-4-5-15(19)17-14-7-6-12-8-9-18(16(20)21-2)11-13(12)10-14/h3,6-7,10H,1,4-5,8-9,11H2,2H3,(H,17,19). The Balaban J connectivity index is 2.06. The van der Waals surface area contributed by atoms with E-state index in [-0.39, 0.29) is 12.0 Å². The Bertz CT molecular complexity index is 554. The second-order valence-corrected chi connectivity index (χ2v) is 5.00. The molecule has 1 aliphatic heterocycles. The van der Waals surface area contributed by atoms with Crippen LogP contribution in [0.3, 0.4) is 0 Å². The summed E-state index contributed by atoms with van der Waals surface area (Å²) in [5.41, 5.74) is 3.02. The van der Waals surface area contributed by atoms with Gasteiger partial charge in [0.05, 0.1) is 7.11 Å². The maximum Gasteiger partial charge on any atom is 0.409 e. The van der Waals surface area contributed by atoms with E-state index in [0.717, 1.165) is 17.7 Å². The number of amides is 2. The Morgan fingerprint density at radius 3 is 2.95 bits per heavy atom. The van der Waals surface area contributed by atoms with E-state index in [2.05, 4.69) is 11.9 Å². The summed E-state index contributed by atoms with van der Waals surface area (Å²) in [7, 11) is 1.38. The summed E-state index contributed by atoms with van der Waals surface area (Å²) in [6.45, 7) is 4.77. The van der Waals surface area contributed by atoms with Gasteiger partial charge in [-0.3, -0.25) is 4.79 Å². The molecule has 1 N–H and O–H groups in total. The molecule has 21 heavy (non-hydrogen) atoms. The van der Waals surface area contributed by atoms with Gasteiger partial charge in [-0.2, -0.15) is 0 Å². The molecule has 0 aliphatic carbocycles. The molecule has 1 aromatic rings. The average molecular weight is 288 g/mol. The molecule has 0 aromatic heterocycles. The lowest BCUT2D eigenvalue weighted by molar-refractivity contribution is -0.116. The van der Waals surface area contributed by atoms with Gasteiger partial charge in [-0.1, -0.05) is 12.1 Å². The minimum Gasteiger partial charge on any atom is -0.453 e. The molecule has 0 fully saturated rings. The van der Waals surface area contributed by atoms with Crippen molar-refractivity contribution < 1.29 is 14.3 Å². The fraction of sp³-hybridized carbons (Fsp3) is 0.375. The van der Waals surface area contributed by atoms with Gasteiger partial charge in [-0.15, -0.1) is 6.58 Å². The molecule has 2 rings (SSSR count). The van der Waals surface area contributed by atoms with Crippen molar-refractivity contribution in [3.05, 3.63) is 42.0 Å². The fourth-order valence-corrected chi connectivity index (χ4v) is 2.38. The molecule has 0 radical (unpaired) electrons. The maximum absolute atomic E-state index is 11.7. The van der Waals surface area contributed by atoms with E-state index in [9.17, 15) is 9.59 Å². The SMILES string of the molecule is C=CCCC(=O)Nc1ccc2c(c1)CN(C(=O)OC)CC2. The van der Waals surface area contributed by atoms with Gasteiger partial charge >= 0.3 is 6.09 Å². The predicted octanol–water partition coefficient (Wildman–Crippen LogP) is 2.72. The van der Waals surface area contributed by atoms with Crippen LogP contribution in [0.25, 0.3) is 0 Å². The first kappa shape index (κ1) is 15.1. The lowest BCUT2D eigenvalue weighted by Gasteiger charge is -2.28. The fourth-order valence-electron chi connectivity index (χ4n) is 2.38. The molecule has 1 aromatic carbocycles. The zero-order valence-corrected chi connectivity index (χ0v) is 12.2. The summed E-state index contributed by atoms with van der Waals surface area (Å²) in [5.74, 6) is -0.0320. The molecule has 5 heteroatoms. The molecule has 0 bridgehead atoms. The number of hydrogen-bond acceptors (Lipinski definition) is 3. The van der Waals surface area contributed by atoms with E-state index in [1.165, 1.54) is 12.7 Å². The first-order valence-corrected chi connectivity index (χ1v) is 6.99. The summed E-state index contributed by atoms with van der Waals surface area (Å²) in [6, 6.07) is 5.84. The lowest BCUT2D eigenvalue weighted by atomic mass is 9.99. The summed E-state index contributed by atoms with van der Waals surface area (Å²) in [5, 5.41) is 2.86. The molecule has 0 unspecified atom stereocenters. The monoisotopic (exact) mass is 288 g/mol. The highest BCUT2D eigenvalue weighted by Gasteiger charge is 2.21. The van der Waals surface area contributed by atoms with Crippen LogP contribution in [0.2, 0.25) is 0 Å².